The third-order valence-electron chi connectivity index (χ3n) is 2.22. The fourth-order valence-electron chi connectivity index (χ4n) is 1.69. The van der Waals surface area contributed by atoms with Gasteiger partial charge in [0.25, 0.3) is 5.91 Å². The quantitative estimate of drug-likeness (QED) is 0.534. The predicted molar refractivity (Wildman–Crippen MR) is 56.8 cm³/mol. The number of rotatable bonds is 0. The molecule has 0 saturated carbocycles. The van der Waals surface area contributed by atoms with Gasteiger partial charge in [-0.3, -0.25) is 4.79 Å². The van der Waals surface area contributed by atoms with E-state index in [4.69, 9.17) is 0 Å². The van der Waals surface area contributed by atoms with Crippen LogP contribution in [-0.4, -0.2) is 37.8 Å². The summed E-state index contributed by atoms with van der Waals surface area (Å²) in [4.78, 5) is 11.0. The van der Waals surface area contributed by atoms with E-state index in [-0.39, 0.29) is 41.8 Å². The van der Waals surface area contributed by atoms with E-state index in [0.29, 0.717) is 0 Å². The molecule has 0 aliphatic carbocycles. The molecular weight excluding hydrogens is 251 g/mol. The monoisotopic (exact) mass is 260 g/mol. The normalized spacial score (nSPS) is 28.6. The van der Waals surface area contributed by atoms with Crippen LogP contribution in [0.3, 0.4) is 0 Å². The van der Waals surface area contributed by atoms with Gasteiger partial charge in [-0.25, -0.2) is 0 Å². The molecule has 0 spiro atoms. The Morgan fingerprint density at radius 2 is 1.93 bits per heavy atom. The summed E-state index contributed by atoms with van der Waals surface area (Å²) >= 11 is 0. The van der Waals surface area contributed by atoms with Crippen molar-refractivity contribution in [1.82, 2.24) is 10.6 Å². The molecular formula is C6H10Cl2N2O3S. The standard InChI is InChI=1S/C6H8N2O3S.2ClH/c9-6-5(12(10)11)4-3(8-6)1-2-7-4;;/h3-4,7H,1-2H2,(H,8,9);2*1H. The summed E-state index contributed by atoms with van der Waals surface area (Å²) in [5.41, 5.74) is 0. The second kappa shape index (κ2) is 4.97. The lowest BCUT2D eigenvalue weighted by molar-refractivity contribution is -0.114. The lowest BCUT2D eigenvalue weighted by atomic mass is 10.1. The third kappa shape index (κ3) is 2.03. The van der Waals surface area contributed by atoms with Crippen LogP contribution in [0.15, 0.2) is 0 Å². The van der Waals surface area contributed by atoms with Gasteiger partial charge in [-0.05, 0) is 13.0 Å². The molecule has 2 heterocycles. The molecule has 0 bridgehead atoms. The Hall–Kier alpha value is -0.300. The molecule has 0 aromatic heterocycles. The molecule has 5 nitrogen and oxygen atoms in total. The molecule has 0 aromatic rings. The van der Waals surface area contributed by atoms with Crippen molar-refractivity contribution in [3.63, 3.8) is 0 Å². The maximum atomic E-state index is 11.0. The molecule has 0 aromatic carbocycles. The van der Waals surface area contributed by atoms with Crippen LogP contribution in [0.1, 0.15) is 6.42 Å². The lowest BCUT2D eigenvalue weighted by Crippen LogP contribution is -2.34. The van der Waals surface area contributed by atoms with E-state index < -0.39 is 16.2 Å². The van der Waals surface area contributed by atoms with E-state index in [1.807, 2.05) is 0 Å². The molecule has 2 N–H and O–H groups in total. The molecule has 1 amide bonds. The Labute approximate surface area is 95.0 Å². The van der Waals surface area contributed by atoms with Crippen LogP contribution in [0.5, 0.6) is 0 Å². The summed E-state index contributed by atoms with van der Waals surface area (Å²) in [5.74, 6) is -0.453. The molecule has 2 saturated heterocycles. The van der Waals surface area contributed by atoms with E-state index in [0.717, 1.165) is 13.0 Å². The van der Waals surface area contributed by atoms with Crippen LogP contribution in [-0.2, 0) is 15.1 Å². The summed E-state index contributed by atoms with van der Waals surface area (Å²) in [6.07, 6.45) is 0.803. The highest BCUT2D eigenvalue weighted by Crippen LogP contribution is 2.14. The van der Waals surface area contributed by atoms with Gasteiger partial charge in [0.1, 0.15) is 0 Å². The minimum absolute atomic E-state index is 0. The summed E-state index contributed by atoms with van der Waals surface area (Å²) in [6, 6.07) is -0.318. The first-order chi connectivity index (χ1) is 5.70. The minimum atomic E-state index is -2.39. The number of halogens is 2. The van der Waals surface area contributed by atoms with Gasteiger partial charge in [0.2, 0.25) is 10.3 Å². The van der Waals surface area contributed by atoms with E-state index in [2.05, 4.69) is 10.6 Å². The van der Waals surface area contributed by atoms with E-state index in [9.17, 15) is 13.2 Å². The fourth-order valence-corrected chi connectivity index (χ4v) is 2.36. The summed E-state index contributed by atoms with van der Waals surface area (Å²) in [7, 11) is -2.39. The van der Waals surface area contributed by atoms with Crippen LogP contribution in [0.2, 0.25) is 0 Å². The first kappa shape index (κ1) is 13.7. The van der Waals surface area contributed by atoms with Crippen LogP contribution >= 0.6 is 24.8 Å². The Kier molecular flexibility index (Phi) is 4.87. The van der Waals surface area contributed by atoms with Crippen LogP contribution in [0.25, 0.3) is 0 Å². The predicted octanol–water partition coefficient (Wildman–Crippen LogP) is -1.26. The SMILES string of the molecule is Cl.Cl.O=C1NC2CCNC2C1=S(=O)=O. The molecule has 14 heavy (non-hydrogen) atoms. The Balaban J connectivity index is 0.000000845. The first-order valence-corrected chi connectivity index (χ1v) is 4.78. The Morgan fingerprint density at radius 3 is 2.50 bits per heavy atom. The molecule has 8 heteroatoms. The third-order valence-corrected chi connectivity index (χ3v) is 3.02. The molecule has 82 valence electrons. The van der Waals surface area contributed by atoms with Crippen molar-refractivity contribution in [1.29, 1.82) is 0 Å². The van der Waals surface area contributed by atoms with Crippen molar-refractivity contribution in [3.05, 3.63) is 0 Å². The lowest BCUT2D eigenvalue weighted by Gasteiger charge is -2.04. The van der Waals surface area contributed by atoms with Gasteiger partial charge in [0.05, 0.1) is 12.1 Å². The average molecular weight is 261 g/mol. The molecule has 2 aliphatic heterocycles. The van der Waals surface area contributed by atoms with Gasteiger partial charge in [-0.1, -0.05) is 0 Å². The number of nitrogens with one attached hydrogen (secondary N) is 2. The minimum Gasteiger partial charge on any atom is -0.347 e. The van der Waals surface area contributed by atoms with Crippen molar-refractivity contribution in [2.75, 3.05) is 6.54 Å². The smallest absolute Gasteiger partial charge is 0.264 e. The molecule has 2 atom stereocenters. The topological polar surface area (TPSA) is 75.3 Å². The number of hydrogen-bond donors (Lipinski definition) is 2. The second-order valence-corrected chi connectivity index (χ2v) is 3.81. The van der Waals surface area contributed by atoms with Crippen LogP contribution in [0, 0.1) is 0 Å². The van der Waals surface area contributed by atoms with Gasteiger partial charge >= 0.3 is 0 Å². The van der Waals surface area contributed by atoms with Crippen molar-refractivity contribution in [3.8, 4) is 0 Å². The highest BCUT2D eigenvalue weighted by molar-refractivity contribution is 7.75. The van der Waals surface area contributed by atoms with Gasteiger partial charge in [-0.2, -0.15) is 8.42 Å². The average Bonchev–Trinajstić information content (AvgIpc) is 2.44. The van der Waals surface area contributed by atoms with Gasteiger partial charge < -0.3 is 10.6 Å². The zero-order valence-corrected chi connectivity index (χ0v) is 9.47. The van der Waals surface area contributed by atoms with Gasteiger partial charge in [0, 0.05) is 0 Å². The number of carbonyl (C=O) groups excluding carboxylic acids is 1. The van der Waals surface area contributed by atoms with Crippen molar-refractivity contribution >= 4 is 45.9 Å². The summed E-state index contributed by atoms with van der Waals surface area (Å²) in [6.45, 7) is 0.760. The Morgan fingerprint density at radius 1 is 1.29 bits per heavy atom. The number of hydrogen-bond acceptors (Lipinski definition) is 4. The van der Waals surface area contributed by atoms with E-state index in [1.165, 1.54) is 0 Å². The molecule has 2 rings (SSSR count). The van der Waals surface area contributed by atoms with Crippen molar-refractivity contribution < 1.29 is 13.2 Å². The Bertz CT molecular complexity index is 359. The van der Waals surface area contributed by atoms with E-state index in [1.54, 1.807) is 0 Å². The maximum absolute atomic E-state index is 11.0. The van der Waals surface area contributed by atoms with Crippen molar-refractivity contribution in [2.45, 2.75) is 18.5 Å². The zero-order valence-electron chi connectivity index (χ0n) is 7.02. The summed E-state index contributed by atoms with van der Waals surface area (Å²) in [5, 5.41) is 5.58. The largest absolute Gasteiger partial charge is 0.347 e. The first-order valence-electron chi connectivity index (χ1n) is 3.70. The number of amides is 1. The molecule has 0 radical (unpaired) electrons. The second-order valence-electron chi connectivity index (χ2n) is 2.90. The molecule has 2 fully saturated rings. The van der Waals surface area contributed by atoms with Gasteiger partial charge in [-0.15, -0.1) is 24.8 Å². The fraction of sp³-hybridized carbons (Fsp3) is 0.667. The number of fused-ring (bicyclic) bond motifs is 1. The maximum Gasteiger partial charge on any atom is 0.264 e. The van der Waals surface area contributed by atoms with Crippen molar-refractivity contribution in [2.24, 2.45) is 0 Å². The van der Waals surface area contributed by atoms with Crippen LogP contribution in [0.4, 0.5) is 0 Å². The highest BCUT2D eigenvalue weighted by Gasteiger charge is 2.42. The van der Waals surface area contributed by atoms with Crippen LogP contribution < -0.4 is 10.6 Å². The summed E-state index contributed by atoms with van der Waals surface area (Å²) < 4.78 is 21.2. The highest BCUT2D eigenvalue weighted by atomic mass is 35.5. The molecule has 2 aliphatic rings. The van der Waals surface area contributed by atoms with Gasteiger partial charge in [0.15, 0.2) is 4.86 Å². The number of carbonyl (C=O) groups is 1. The molecule has 2 unspecified atom stereocenters. The zero-order chi connectivity index (χ0) is 8.72. The van der Waals surface area contributed by atoms with E-state index >= 15 is 0 Å².